The van der Waals surface area contributed by atoms with Crippen LogP contribution in [-0.2, 0) is 14.2 Å². The molecule has 4 fully saturated rings. The van der Waals surface area contributed by atoms with E-state index in [1.807, 2.05) is 0 Å². The fraction of sp³-hybridized carbons (Fsp3) is 1.00. The van der Waals surface area contributed by atoms with E-state index in [1.54, 1.807) is 0 Å². The van der Waals surface area contributed by atoms with Gasteiger partial charge in [0.05, 0.1) is 0 Å². The van der Waals surface area contributed by atoms with Crippen molar-refractivity contribution >= 4 is 0 Å². The number of ether oxygens (including phenoxy) is 3. The van der Waals surface area contributed by atoms with Crippen molar-refractivity contribution in [3.63, 3.8) is 0 Å². The van der Waals surface area contributed by atoms with E-state index in [0.29, 0.717) is 0 Å². The van der Waals surface area contributed by atoms with Gasteiger partial charge in [-0.05, 0) is 0 Å². The molecule has 0 spiro atoms. The van der Waals surface area contributed by atoms with Crippen LogP contribution in [0.15, 0.2) is 0 Å². The second-order valence-corrected chi connectivity index (χ2v) is 3.52. The SMILES string of the molecule is O[C@@H]1C2OC3O[C@@H]1C(F)[C@H](O3)[C@@H]2O. The summed E-state index contributed by atoms with van der Waals surface area (Å²) < 4.78 is 28.2. The van der Waals surface area contributed by atoms with Gasteiger partial charge in [-0.2, -0.15) is 0 Å². The predicted molar refractivity (Wildman–Crippen MR) is 35.3 cm³/mol. The second-order valence-electron chi connectivity index (χ2n) is 3.52. The van der Waals surface area contributed by atoms with Crippen LogP contribution in [0, 0.1) is 0 Å². The zero-order valence-corrected chi connectivity index (χ0v) is 6.54. The highest BCUT2D eigenvalue weighted by Crippen LogP contribution is 2.40. The van der Waals surface area contributed by atoms with E-state index < -0.39 is 43.2 Å². The van der Waals surface area contributed by atoms with Crippen LogP contribution in [0.25, 0.3) is 0 Å². The Morgan fingerprint density at radius 2 is 1.31 bits per heavy atom. The number of aliphatic hydroxyl groups excluding tert-OH is 2. The first-order chi connectivity index (χ1) is 6.18. The number of rotatable bonds is 0. The summed E-state index contributed by atoms with van der Waals surface area (Å²) in [5, 5.41) is 18.9. The molecule has 4 aliphatic rings. The minimum absolute atomic E-state index is 0.783. The van der Waals surface area contributed by atoms with Gasteiger partial charge in [0.1, 0.15) is 30.5 Å². The molecule has 3 heterocycles. The van der Waals surface area contributed by atoms with Crippen molar-refractivity contribution in [2.45, 2.75) is 43.2 Å². The number of hydrogen-bond donors (Lipinski definition) is 2. The fourth-order valence-electron chi connectivity index (χ4n) is 2.09. The summed E-state index contributed by atoms with van der Waals surface area (Å²) in [4.78, 5) is 0. The summed E-state index contributed by atoms with van der Waals surface area (Å²) in [6.45, 7) is -0.932. The lowest BCUT2D eigenvalue weighted by atomic mass is 9.84. The van der Waals surface area contributed by atoms with Gasteiger partial charge >= 0.3 is 0 Å². The van der Waals surface area contributed by atoms with Crippen LogP contribution in [0.5, 0.6) is 0 Å². The fourth-order valence-corrected chi connectivity index (χ4v) is 2.09. The van der Waals surface area contributed by atoms with Crippen molar-refractivity contribution in [1.82, 2.24) is 0 Å². The van der Waals surface area contributed by atoms with E-state index in [-0.39, 0.29) is 0 Å². The third-order valence-corrected chi connectivity index (χ3v) is 2.78. The zero-order chi connectivity index (χ0) is 9.16. The molecule has 1 aliphatic carbocycles. The van der Waals surface area contributed by atoms with Gasteiger partial charge in [0.2, 0.25) is 0 Å². The molecule has 4 bridgehead atoms. The van der Waals surface area contributed by atoms with Crippen molar-refractivity contribution in [2.24, 2.45) is 0 Å². The highest BCUT2D eigenvalue weighted by atomic mass is 19.1. The Balaban J connectivity index is 1.97. The normalized spacial score (nSPS) is 64.4. The molecule has 0 aromatic carbocycles. The Kier molecular flexibility index (Phi) is 1.49. The smallest absolute Gasteiger partial charge is 0.273 e. The molecule has 0 amide bonds. The van der Waals surface area contributed by atoms with Gasteiger partial charge in [0, 0.05) is 0 Å². The molecular formula is C7H9FO5. The Bertz CT molecular complexity index is 187. The average molecular weight is 192 g/mol. The number of aliphatic hydroxyl groups is 2. The maximum absolute atomic E-state index is 13.4. The number of halogens is 1. The third-order valence-electron chi connectivity index (χ3n) is 2.78. The van der Waals surface area contributed by atoms with Gasteiger partial charge in [0.25, 0.3) is 6.48 Å². The lowest BCUT2D eigenvalue weighted by Gasteiger charge is -2.54. The van der Waals surface area contributed by atoms with Crippen LogP contribution in [0.2, 0.25) is 0 Å². The molecule has 4 rings (SSSR count). The second kappa shape index (κ2) is 2.40. The monoisotopic (exact) mass is 192 g/mol. The summed E-state index contributed by atoms with van der Waals surface area (Å²) in [6, 6.07) is 0. The summed E-state index contributed by atoms with van der Waals surface area (Å²) in [5.74, 6) is 0. The van der Waals surface area contributed by atoms with Gasteiger partial charge in [-0.25, -0.2) is 4.39 Å². The van der Waals surface area contributed by atoms with Gasteiger partial charge in [-0.3, -0.25) is 0 Å². The van der Waals surface area contributed by atoms with Crippen molar-refractivity contribution < 1.29 is 28.8 Å². The first-order valence-corrected chi connectivity index (χ1v) is 4.15. The third kappa shape index (κ3) is 0.870. The van der Waals surface area contributed by atoms with E-state index >= 15 is 0 Å². The first-order valence-electron chi connectivity index (χ1n) is 4.15. The maximum Gasteiger partial charge on any atom is 0.273 e. The molecule has 0 aromatic rings. The molecule has 13 heavy (non-hydrogen) atoms. The standard InChI is InChI=1S/C7H9FO5/c8-1-4-2(9)6-3(10)5(1)12-7(11-4)13-6/h1-7,9-10H/t1?,2-,3-,4-,5+,6?,7?/m0/s1. The summed E-state index contributed by atoms with van der Waals surface area (Å²) in [7, 11) is 0. The maximum atomic E-state index is 13.4. The summed E-state index contributed by atoms with van der Waals surface area (Å²) >= 11 is 0. The minimum Gasteiger partial charge on any atom is -0.387 e. The molecule has 0 aromatic heterocycles. The van der Waals surface area contributed by atoms with Gasteiger partial charge < -0.3 is 24.4 Å². The molecule has 7 atom stereocenters. The largest absolute Gasteiger partial charge is 0.387 e. The van der Waals surface area contributed by atoms with Gasteiger partial charge in [0.15, 0.2) is 6.17 Å². The molecule has 6 heteroatoms. The van der Waals surface area contributed by atoms with Gasteiger partial charge in [-0.1, -0.05) is 0 Å². The molecule has 5 nitrogen and oxygen atoms in total. The van der Waals surface area contributed by atoms with Crippen LogP contribution in [0.3, 0.4) is 0 Å². The lowest BCUT2D eigenvalue weighted by molar-refractivity contribution is -0.475. The average Bonchev–Trinajstić information content (AvgIpc) is 2.12. The topological polar surface area (TPSA) is 68.2 Å². The quantitative estimate of drug-likeness (QED) is 0.490. The summed E-state index contributed by atoms with van der Waals surface area (Å²) in [5.41, 5.74) is 0. The molecule has 3 unspecified atom stereocenters. The van der Waals surface area contributed by atoms with Gasteiger partial charge in [-0.15, -0.1) is 0 Å². The predicted octanol–water partition coefficient (Wildman–Crippen LogP) is -1.47. The van der Waals surface area contributed by atoms with Crippen molar-refractivity contribution in [3.05, 3.63) is 0 Å². The minimum atomic E-state index is -1.48. The van der Waals surface area contributed by atoms with Crippen molar-refractivity contribution in [1.29, 1.82) is 0 Å². The molecule has 2 N–H and O–H groups in total. The summed E-state index contributed by atoms with van der Waals surface area (Å²) in [6.07, 6.45) is -6.34. The first kappa shape index (κ1) is 8.07. The van der Waals surface area contributed by atoms with Crippen molar-refractivity contribution in [2.75, 3.05) is 0 Å². The van der Waals surface area contributed by atoms with Crippen LogP contribution in [0.4, 0.5) is 4.39 Å². The van der Waals surface area contributed by atoms with E-state index in [2.05, 4.69) is 0 Å². The Labute approximate surface area is 73.0 Å². The lowest BCUT2D eigenvalue weighted by Crippen LogP contribution is -2.74. The van der Waals surface area contributed by atoms with E-state index in [1.165, 1.54) is 0 Å². The Morgan fingerprint density at radius 1 is 0.846 bits per heavy atom. The van der Waals surface area contributed by atoms with Crippen LogP contribution < -0.4 is 0 Å². The number of hydrogen-bond acceptors (Lipinski definition) is 5. The van der Waals surface area contributed by atoms with Crippen LogP contribution >= 0.6 is 0 Å². The molecule has 1 saturated carbocycles. The van der Waals surface area contributed by atoms with Crippen LogP contribution in [-0.4, -0.2) is 53.4 Å². The van der Waals surface area contributed by atoms with E-state index in [9.17, 15) is 14.6 Å². The molecule has 3 aliphatic heterocycles. The highest BCUT2D eigenvalue weighted by Gasteiger charge is 2.61. The van der Waals surface area contributed by atoms with Crippen LogP contribution in [0.1, 0.15) is 0 Å². The van der Waals surface area contributed by atoms with Crippen molar-refractivity contribution in [3.8, 4) is 0 Å². The Hall–Kier alpha value is -0.270. The number of alkyl halides is 1. The molecule has 74 valence electrons. The van der Waals surface area contributed by atoms with E-state index in [0.717, 1.165) is 0 Å². The highest BCUT2D eigenvalue weighted by molar-refractivity contribution is 5.05. The molecule has 3 saturated heterocycles. The van der Waals surface area contributed by atoms with E-state index in [4.69, 9.17) is 14.2 Å². The molecule has 0 radical (unpaired) electrons. The molecular weight excluding hydrogens is 183 g/mol. The Morgan fingerprint density at radius 3 is 1.85 bits per heavy atom. The zero-order valence-electron chi connectivity index (χ0n) is 6.54.